The second-order valence-corrected chi connectivity index (χ2v) is 4.49. The third kappa shape index (κ3) is 1.87. The van der Waals surface area contributed by atoms with Crippen LogP contribution in [-0.4, -0.2) is 48.8 Å². The molecule has 0 aromatic carbocycles. The average Bonchev–Trinajstić information content (AvgIpc) is 2.63. The summed E-state index contributed by atoms with van der Waals surface area (Å²) in [6.45, 7) is 7.16. The topological polar surface area (TPSA) is 35.5 Å². The van der Waals surface area contributed by atoms with E-state index in [1.807, 2.05) is 0 Å². The molecular weight excluding hydrogens is 164 g/mol. The molecule has 13 heavy (non-hydrogen) atoms. The summed E-state index contributed by atoms with van der Waals surface area (Å²) in [7, 11) is 0. The van der Waals surface area contributed by atoms with E-state index in [1.54, 1.807) is 0 Å². The monoisotopic (exact) mass is 184 g/mol. The molecule has 0 spiro atoms. The lowest BCUT2D eigenvalue weighted by Gasteiger charge is -2.37. The Morgan fingerprint density at radius 3 is 3.00 bits per heavy atom. The molecule has 2 saturated heterocycles. The number of rotatable bonds is 2. The number of aliphatic hydroxyl groups is 1. The highest BCUT2D eigenvalue weighted by Crippen LogP contribution is 2.27. The zero-order chi connectivity index (χ0) is 9.26. The lowest BCUT2D eigenvalue weighted by Crippen LogP contribution is -2.45. The van der Waals surface area contributed by atoms with Crippen LogP contribution < -0.4 is 5.32 Å². The van der Waals surface area contributed by atoms with Crippen molar-refractivity contribution in [3.63, 3.8) is 0 Å². The Kier molecular flexibility index (Phi) is 2.86. The van der Waals surface area contributed by atoms with E-state index in [2.05, 4.69) is 17.1 Å². The van der Waals surface area contributed by atoms with Gasteiger partial charge in [0, 0.05) is 12.6 Å². The Hall–Kier alpha value is -0.120. The number of likely N-dealkylation sites (tertiary alicyclic amines) is 1. The largest absolute Gasteiger partial charge is 0.395 e. The molecule has 3 nitrogen and oxygen atoms in total. The van der Waals surface area contributed by atoms with Crippen molar-refractivity contribution in [3.8, 4) is 0 Å². The highest BCUT2D eigenvalue weighted by molar-refractivity contribution is 4.89. The van der Waals surface area contributed by atoms with Crippen LogP contribution in [0.1, 0.15) is 13.3 Å². The van der Waals surface area contributed by atoms with Gasteiger partial charge >= 0.3 is 0 Å². The smallest absolute Gasteiger partial charge is 0.0584 e. The van der Waals surface area contributed by atoms with Crippen molar-refractivity contribution in [2.75, 3.05) is 32.8 Å². The zero-order valence-electron chi connectivity index (χ0n) is 8.37. The van der Waals surface area contributed by atoms with Gasteiger partial charge in [-0.2, -0.15) is 0 Å². The average molecular weight is 184 g/mol. The molecule has 2 heterocycles. The van der Waals surface area contributed by atoms with Gasteiger partial charge in [-0.05, 0) is 44.8 Å². The highest BCUT2D eigenvalue weighted by atomic mass is 16.3. The molecule has 2 rings (SSSR count). The van der Waals surface area contributed by atoms with Crippen LogP contribution in [0.4, 0.5) is 0 Å². The molecule has 2 aliphatic rings. The Labute approximate surface area is 80.1 Å². The van der Waals surface area contributed by atoms with Gasteiger partial charge in [0.1, 0.15) is 0 Å². The maximum Gasteiger partial charge on any atom is 0.0584 e. The normalized spacial score (nSPS) is 37.4. The lowest BCUT2D eigenvalue weighted by atomic mass is 9.88. The molecule has 76 valence electrons. The van der Waals surface area contributed by atoms with Gasteiger partial charge < -0.3 is 10.4 Å². The quantitative estimate of drug-likeness (QED) is 0.629. The van der Waals surface area contributed by atoms with E-state index >= 15 is 0 Å². The molecule has 0 bridgehead atoms. The van der Waals surface area contributed by atoms with E-state index in [1.165, 1.54) is 32.6 Å². The highest BCUT2D eigenvalue weighted by Gasteiger charge is 2.33. The summed E-state index contributed by atoms with van der Waals surface area (Å²) in [5.74, 6) is 1.74. The van der Waals surface area contributed by atoms with Crippen molar-refractivity contribution >= 4 is 0 Å². The van der Waals surface area contributed by atoms with Gasteiger partial charge in [-0.25, -0.2) is 0 Å². The van der Waals surface area contributed by atoms with E-state index in [-0.39, 0.29) is 0 Å². The van der Waals surface area contributed by atoms with E-state index in [4.69, 9.17) is 5.11 Å². The van der Waals surface area contributed by atoms with Gasteiger partial charge in [-0.1, -0.05) is 0 Å². The van der Waals surface area contributed by atoms with Crippen molar-refractivity contribution in [2.24, 2.45) is 11.8 Å². The maximum absolute atomic E-state index is 9.07. The Morgan fingerprint density at radius 1 is 1.46 bits per heavy atom. The summed E-state index contributed by atoms with van der Waals surface area (Å²) < 4.78 is 0. The first-order chi connectivity index (χ1) is 6.31. The molecule has 3 heteroatoms. The van der Waals surface area contributed by atoms with Crippen molar-refractivity contribution in [2.45, 2.75) is 19.4 Å². The minimum absolute atomic E-state index is 0.296. The number of hydrogen-bond acceptors (Lipinski definition) is 3. The standard InChI is InChI=1S/C10H20N2O/c1-8(7-13)12-3-2-9-4-11-5-10(9)6-12/h8-11,13H,2-7H2,1H3. The van der Waals surface area contributed by atoms with Gasteiger partial charge in [0.25, 0.3) is 0 Å². The number of fused-ring (bicyclic) bond motifs is 1. The summed E-state index contributed by atoms with van der Waals surface area (Å²) in [6, 6.07) is 0.349. The van der Waals surface area contributed by atoms with E-state index in [0.717, 1.165) is 11.8 Å². The second-order valence-electron chi connectivity index (χ2n) is 4.49. The summed E-state index contributed by atoms with van der Waals surface area (Å²) in [6.07, 6.45) is 1.31. The molecule has 2 aliphatic heterocycles. The number of piperidine rings is 1. The summed E-state index contributed by atoms with van der Waals surface area (Å²) >= 11 is 0. The molecule has 0 saturated carbocycles. The molecule has 2 fully saturated rings. The van der Waals surface area contributed by atoms with Crippen LogP contribution >= 0.6 is 0 Å². The van der Waals surface area contributed by atoms with Gasteiger partial charge in [0.15, 0.2) is 0 Å². The van der Waals surface area contributed by atoms with Crippen LogP contribution in [0.5, 0.6) is 0 Å². The van der Waals surface area contributed by atoms with Crippen LogP contribution in [0.15, 0.2) is 0 Å². The predicted molar refractivity (Wildman–Crippen MR) is 52.6 cm³/mol. The van der Waals surface area contributed by atoms with Crippen molar-refractivity contribution in [3.05, 3.63) is 0 Å². The molecule has 0 aromatic heterocycles. The molecular formula is C10H20N2O. The van der Waals surface area contributed by atoms with Gasteiger partial charge in [-0.3, -0.25) is 4.90 Å². The van der Waals surface area contributed by atoms with Crippen molar-refractivity contribution in [1.82, 2.24) is 10.2 Å². The summed E-state index contributed by atoms with van der Waals surface area (Å²) in [5, 5.41) is 12.5. The minimum Gasteiger partial charge on any atom is -0.395 e. The summed E-state index contributed by atoms with van der Waals surface area (Å²) in [4.78, 5) is 2.42. The minimum atomic E-state index is 0.296. The second kappa shape index (κ2) is 3.95. The Bertz CT molecular complexity index is 174. The van der Waals surface area contributed by atoms with E-state index in [0.29, 0.717) is 12.6 Å². The fourth-order valence-electron chi connectivity index (χ4n) is 2.58. The van der Waals surface area contributed by atoms with E-state index < -0.39 is 0 Å². The van der Waals surface area contributed by atoms with Gasteiger partial charge in [0.05, 0.1) is 6.61 Å². The fourth-order valence-corrected chi connectivity index (χ4v) is 2.58. The van der Waals surface area contributed by atoms with Crippen LogP contribution in [0.3, 0.4) is 0 Å². The van der Waals surface area contributed by atoms with Crippen LogP contribution in [-0.2, 0) is 0 Å². The molecule has 3 atom stereocenters. The number of nitrogens with one attached hydrogen (secondary N) is 1. The first-order valence-electron chi connectivity index (χ1n) is 5.37. The van der Waals surface area contributed by atoms with Gasteiger partial charge in [0.2, 0.25) is 0 Å². The third-order valence-corrected chi connectivity index (χ3v) is 3.62. The number of nitrogens with zero attached hydrogens (tertiary/aromatic N) is 1. The van der Waals surface area contributed by atoms with E-state index in [9.17, 15) is 0 Å². The molecule has 3 unspecified atom stereocenters. The summed E-state index contributed by atoms with van der Waals surface area (Å²) in [5.41, 5.74) is 0. The molecule has 0 aliphatic carbocycles. The molecule has 0 amide bonds. The third-order valence-electron chi connectivity index (χ3n) is 3.62. The lowest BCUT2D eigenvalue weighted by molar-refractivity contribution is 0.0763. The first-order valence-corrected chi connectivity index (χ1v) is 5.37. The molecule has 0 aromatic rings. The van der Waals surface area contributed by atoms with Gasteiger partial charge in [-0.15, -0.1) is 0 Å². The number of hydrogen-bond donors (Lipinski definition) is 2. The van der Waals surface area contributed by atoms with Crippen molar-refractivity contribution in [1.29, 1.82) is 0 Å². The van der Waals surface area contributed by atoms with Crippen LogP contribution in [0.25, 0.3) is 0 Å². The fraction of sp³-hybridized carbons (Fsp3) is 1.00. The van der Waals surface area contributed by atoms with Crippen LogP contribution in [0, 0.1) is 11.8 Å². The zero-order valence-corrected chi connectivity index (χ0v) is 8.37. The SMILES string of the molecule is CC(CO)N1CCC2CNCC2C1. The van der Waals surface area contributed by atoms with Crippen molar-refractivity contribution < 1.29 is 5.11 Å². The Balaban J connectivity index is 1.89. The maximum atomic E-state index is 9.07. The number of aliphatic hydroxyl groups excluding tert-OH is 1. The Morgan fingerprint density at radius 2 is 2.23 bits per heavy atom. The first kappa shape index (κ1) is 9.44. The molecule has 2 N–H and O–H groups in total. The predicted octanol–water partition coefficient (Wildman–Crippen LogP) is -0.0915. The van der Waals surface area contributed by atoms with Crippen LogP contribution in [0.2, 0.25) is 0 Å². The molecule has 0 radical (unpaired) electrons.